The molecule has 98 valence electrons. The van der Waals surface area contributed by atoms with Crippen molar-refractivity contribution in [1.82, 2.24) is 4.31 Å². The maximum absolute atomic E-state index is 8.42. The third-order valence-electron chi connectivity index (χ3n) is 2.96. The summed E-state index contributed by atoms with van der Waals surface area (Å²) in [5.74, 6) is 0.704. The van der Waals surface area contributed by atoms with E-state index in [0.29, 0.717) is 5.92 Å². The molecule has 0 saturated heterocycles. The quantitative estimate of drug-likeness (QED) is 0.293. The van der Waals surface area contributed by atoms with Gasteiger partial charge in [0.15, 0.2) is 0 Å². The Morgan fingerprint density at radius 2 is 2.11 bits per heavy atom. The Morgan fingerprint density at radius 3 is 2.72 bits per heavy atom. The van der Waals surface area contributed by atoms with Gasteiger partial charge < -0.3 is 0 Å². The number of azide groups is 1. The van der Waals surface area contributed by atoms with Crippen molar-refractivity contribution in [3.05, 3.63) is 46.3 Å². The molecule has 0 bridgehead atoms. The van der Waals surface area contributed by atoms with Gasteiger partial charge in [0.05, 0.1) is 0 Å². The average Bonchev–Trinajstić information content (AvgIpc) is 2.42. The lowest BCUT2D eigenvalue weighted by Crippen LogP contribution is -2.17. The van der Waals surface area contributed by atoms with E-state index in [-0.39, 0.29) is 0 Å². The molecule has 4 nitrogen and oxygen atoms in total. The monoisotopic (exact) mass is 264 g/mol. The molecule has 0 aliphatic carbocycles. The summed E-state index contributed by atoms with van der Waals surface area (Å²) in [4.78, 5) is 2.81. The molecule has 0 N–H and O–H groups in total. The van der Waals surface area contributed by atoms with Gasteiger partial charge in [0.2, 0.25) is 0 Å². The van der Waals surface area contributed by atoms with Gasteiger partial charge in [-0.05, 0) is 28.0 Å². The number of benzene rings is 1. The first-order valence-corrected chi connectivity index (χ1v) is 6.99. The van der Waals surface area contributed by atoms with Crippen molar-refractivity contribution in [3.63, 3.8) is 0 Å². The van der Waals surface area contributed by atoms with Crippen LogP contribution in [-0.4, -0.2) is 10.8 Å². The van der Waals surface area contributed by atoms with Crippen LogP contribution in [0.5, 0.6) is 0 Å². The smallest absolute Gasteiger partial charge is 0.0343 e. The Morgan fingerprint density at radius 1 is 1.39 bits per heavy atom. The number of hydrogen-bond acceptors (Lipinski definition) is 3. The zero-order valence-electron chi connectivity index (χ0n) is 11.0. The van der Waals surface area contributed by atoms with Crippen LogP contribution in [0.15, 0.2) is 34.9 Å². The van der Waals surface area contributed by atoms with E-state index >= 15 is 0 Å². The van der Waals surface area contributed by atoms with E-state index < -0.39 is 0 Å². The lowest BCUT2D eigenvalue weighted by atomic mass is 10.1. The van der Waals surface area contributed by atoms with Crippen molar-refractivity contribution in [3.8, 4) is 0 Å². The van der Waals surface area contributed by atoms with E-state index in [2.05, 4.69) is 39.7 Å². The van der Waals surface area contributed by atoms with Gasteiger partial charge in [0, 0.05) is 30.1 Å². The van der Waals surface area contributed by atoms with Crippen molar-refractivity contribution in [2.75, 3.05) is 6.54 Å². The van der Waals surface area contributed by atoms with Crippen LogP contribution >= 0.6 is 12.1 Å². The topological polar surface area (TPSA) is 52.0 Å². The molecular weight excluding hydrogens is 244 g/mol. The lowest BCUT2D eigenvalue weighted by Gasteiger charge is -2.20. The Balaban J connectivity index is 2.52. The fourth-order valence-corrected chi connectivity index (χ4v) is 2.10. The number of hydrogen-bond donors (Lipinski definition) is 0. The molecule has 0 aliphatic heterocycles. The second-order valence-electron chi connectivity index (χ2n) is 4.40. The highest BCUT2D eigenvalue weighted by molar-refractivity contribution is 7.95. The Bertz CT molecular complexity index is 376. The first-order valence-electron chi connectivity index (χ1n) is 6.26. The molecule has 1 unspecified atom stereocenters. The Labute approximate surface area is 113 Å². The van der Waals surface area contributed by atoms with E-state index in [0.717, 1.165) is 19.5 Å². The zero-order valence-corrected chi connectivity index (χ0v) is 11.8. The predicted molar refractivity (Wildman–Crippen MR) is 77.7 cm³/mol. The molecule has 0 aromatic heterocycles. The van der Waals surface area contributed by atoms with E-state index in [9.17, 15) is 0 Å². The second kappa shape index (κ2) is 8.86. The third-order valence-corrected chi connectivity index (χ3v) is 3.65. The molecule has 0 radical (unpaired) electrons. The van der Waals surface area contributed by atoms with Crippen LogP contribution < -0.4 is 0 Å². The molecule has 0 aliphatic rings. The summed E-state index contributed by atoms with van der Waals surface area (Å²) >= 11 is 1.21. The van der Waals surface area contributed by atoms with Crippen molar-refractivity contribution in [2.45, 2.75) is 33.2 Å². The van der Waals surface area contributed by atoms with Gasteiger partial charge in [0.25, 0.3) is 0 Å². The zero-order chi connectivity index (χ0) is 13.2. The number of nitrogens with zero attached hydrogens (tertiary/aromatic N) is 4. The third kappa shape index (κ3) is 5.96. The highest BCUT2D eigenvalue weighted by Crippen LogP contribution is 2.19. The molecule has 0 saturated carbocycles. The van der Waals surface area contributed by atoms with E-state index in [1.165, 1.54) is 24.1 Å². The van der Waals surface area contributed by atoms with E-state index in [1.807, 2.05) is 18.2 Å². The first-order chi connectivity index (χ1) is 8.76. The van der Waals surface area contributed by atoms with Crippen LogP contribution in [0.2, 0.25) is 0 Å². The lowest BCUT2D eigenvalue weighted by molar-refractivity contribution is 0.396. The van der Waals surface area contributed by atoms with Gasteiger partial charge in [-0.15, -0.1) is 0 Å². The maximum atomic E-state index is 8.42. The minimum absolute atomic E-state index is 0.704. The Kier molecular flexibility index (Phi) is 7.34. The largest absolute Gasteiger partial charge is 0.240 e. The molecule has 0 spiro atoms. The fraction of sp³-hybridized carbons (Fsp3) is 0.538. The summed E-state index contributed by atoms with van der Waals surface area (Å²) in [6, 6.07) is 10.2. The summed E-state index contributed by atoms with van der Waals surface area (Å²) in [7, 11) is 0. The molecule has 1 aromatic carbocycles. The van der Waals surface area contributed by atoms with Gasteiger partial charge in [-0.1, -0.05) is 50.6 Å². The van der Waals surface area contributed by atoms with Crippen LogP contribution in [0.3, 0.4) is 0 Å². The molecule has 0 heterocycles. The van der Waals surface area contributed by atoms with Gasteiger partial charge in [-0.25, -0.2) is 4.31 Å². The average molecular weight is 264 g/mol. The standard InChI is InChI=1S/C13H20N4S/c1-3-12(2)9-10-17(18-16-15-14)11-13-7-5-4-6-8-13/h4-8,12H,3,9-11H2,1-2H3. The van der Waals surface area contributed by atoms with E-state index in [4.69, 9.17) is 5.53 Å². The summed E-state index contributed by atoms with van der Waals surface area (Å²) in [6.07, 6.45) is 2.31. The molecule has 0 amide bonds. The first kappa shape index (κ1) is 14.9. The SMILES string of the molecule is CCC(C)CCN(Cc1ccccc1)SN=[N+]=[N-]. The van der Waals surface area contributed by atoms with Crippen LogP contribution in [0.4, 0.5) is 0 Å². The van der Waals surface area contributed by atoms with Gasteiger partial charge in [-0.3, -0.25) is 0 Å². The minimum atomic E-state index is 0.704. The molecule has 1 rings (SSSR count). The van der Waals surface area contributed by atoms with Crippen molar-refractivity contribution in [2.24, 2.45) is 10.4 Å². The van der Waals surface area contributed by atoms with Crippen molar-refractivity contribution < 1.29 is 0 Å². The van der Waals surface area contributed by atoms with Crippen LogP contribution in [0, 0.1) is 5.92 Å². The summed E-state index contributed by atoms with van der Waals surface area (Å²) in [5, 5.41) is 0. The second-order valence-corrected chi connectivity index (χ2v) is 5.25. The van der Waals surface area contributed by atoms with Gasteiger partial charge >= 0.3 is 0 Å². The van der Waals surface area contributed by atoms with Crippen LogP contribution in [-0.2, 0) is 6.54 Å². The summed E-state index contributed by atoms with van der Waals surface area (Å²) in [5.41, 5.74) is 9.65. The van der Waals surface area contributed by atoms with Crippen LogP contribution in [0.25, 0.3) is 10.4 Å². The van der Waals surface area contributed by atoms with Gasteiger partial charge in [-0.2, -0.15) is 0 Å². The van der Waals surface area contributed by atoms with Crippen molar-refractivity contribution in [1.29, 1.82) is 0 Å². The molecule has 18 heavy (non-hydrogen) atoms. The fourth-order valence-electron chi connectivity index (χ4n) is 1.57. The molecular formula is C13H20N4S. The minimum Gasteiger partial charge on any atom is -0.240 e. The Hall–Kier alpha value is -1.16. The maximum Gasteiger partial charge on any atom is 0.0343 e. The summed E-state index contributed by atoms with van der Waals surface area (Å²) < 4.78 is 5.71. The van der Waals surface area contributed by atoms with Crippen LogP contribution in [0.1, 0.15) is 32.3 Å². The van der Waals surface area contributed by atoms with Crippen molar-refractivity contribution >= 4 is 12.1 Å². The highest BCUT2D eigenvalue weighted by Gasteiger charge is 2.08. The van der Waals surface area contributed by atoms with E-state index in [1.54, 1.807) is 0 Å². The molecule has 1 atom stereocenters. The van der Waals surface area contributed by atoms with Gasteiger partial charge in [0.1, 0.15) is 0 Å². The molecule has 1 aromatic rings. The summed E-state index contributed by atoms with van der Waals surface area (Å²) in [6.45, 7) is 6.19. The molecule has 0 fully saturated rings. The molecule has 5 heteroatoms. The number of rotatable bonds is 8. The predicted octanol–water partition coefficient (Wildman–Crippen LogP) is 4.80. The highest BCUT2D eigenvalue weighted by atomic mass is 32.2. The normalized spacial score (nSPS) is 12.2.